The largest absolute Gasteiger partial charge is 0.389 e. The molecule has 1 heterocycles. The maximum atomic E-state index is 10.9. The Balaban J connectivity index is 2.17. The molecule has 3 heteroatoms. The van der Waals surface area contributed by atoms with E-state index in [0.717, 1.165) is 37.1 Å². The summed E-state index contributed by atoms with van der Waals surface area (Å²) in [5, 5.41) is 15.4. The lowest BCUT2D eigenvalue weighted by molar-refractivity contribution is -0.0572. The molecule has 3 nitrogen and oxygen atoms in total. The summed E-state index contributed by atoms with van der Waals surface area (Å²) >= 11 is 0. The summed E-state index contributed by atoms with van der Waals surface area (Å²) in [6.07, 6.45) is 4.99. The minimum Gasteiger partial charge on any atom is -0.389 e. The molecule has 2 rings (SSSR count). The van der Waals surface area contributed by atoms with Crippen LogP contribution in [-0.2, 0) is 19.9 Å². The van der Waals surface area contributed by atoms with Gasteiger partial charge >= 0.3 is 0 Å². The lowest BCUT2D eigenvalue weighted by Gasteiger charge is -2.41. The highest BCUT2D eigenvalue weighted by Gasteiger charge is 2.39. The molecule has 1 aromatic rings. The molecule has 18 heavy (non-hydrogen) atoms. The van der Waals surface area contributed by atoms with Crippen molar-refractivity contribution in [3.63, 3.8) is 0 Å². The molecule has 102 valence electrons. The van der Waals surface area contributed by atoms with Gasteiger partial charge in [0.05, 0.1) is 11.3 Å². The molecule has 0 amide bonds. The van der Waals surface area contributed by atoms with Crippen molar-refractivity contribution in [2.24, 2.45) is 18.9 Å². The lowest BCUT2D eigenvalue weighted by Crippen LogP contribution is -2.44. The Morgan fingerprint density at radius 2 is 2.17 bits per heavy atom. The predicted molar refractivity (Wildman–Crippen MR) is 73.4 cm³/mol. The first-order valence-electron chi connectivity index (χ1n) is 7.18. The first kappa shape index (κ1) is 13.6. The van der Waals surface area contributed by atoms with Crippen LogP contribution in [-0.4, -0.2) is 20.5 Å². The fourth-order valence-electron chi connectivity index (χ4n) is 3.18. The van der Waals surface area contributed by atoms with E-state index in [9.17, 15) is 5.11 Å². The van der Waals surface area contributed by atoms with E-state index in [0.29, 0.717) is 11.8 Å². The third kappa shape index (κ3) is 2.61. The van der Waals surface area contributed by atoms with Crippen molar-refractivity contribution < 1.29 is 5.11 Å². The topological polar surface area (TPSA) is 38.0 Å². The van der Waals surface area contributed by atoms with E-state index in [-0.39, 0.29) is 0 Å². The van der Waals surface area contributed by atoms with Crippen LogP contribution in [0, 0.1) is 11.8 Å². The van der Waals surface area contributed by atoms with Gasteiger partial charge in [-0.2, -0.15) is 5.10 Å². The number of hydrogen-bond donors (Lipinski definition) is 1. The molecule has 1 aliphatic carbocycles. The third-order valence-corrected chi connectivity index (χ3v) is 4.59. The van der Waals surface area contributed by atoms with Crippen LogP contribution in [0.3, 0.4) is 0 Å². The van der Waals surface area contributed by atoms with Gasteiger partial charge in [-0.3, -0.25) is 4.68 Å². The summed E-state index contributed by atoms with van der Waals surface area (Å²) in [4.78, 5) is 0. The molecule has 1 N–H and O–H groups in total. The van der Waals surface area contributed by atoms with E-state index >= 15 is 0 Å². The van der Waals surface area contributed by atoms with Gasteiger partial charge in [-0.25, -0.2) is 0 Å². The van der Waals surface area contributed by atoms with Crippen LogP contribution in [0.25, 0.3) is 0 Å². The molecule has 0 radical (unpaired) electrons. The second-order valence-electron chi connectivity index (χ2n) is 6.17. The van der Waals surface area contributed by atoms with E-state index < -0.39 is 5.60 Å². The second kappa shape index (κ2) is 5.04. The molecule has 3 unspecified atom stereocenters. The molecule has 1 aromatic heterocycles. The molecule has 0 aliphatic heterocycles. The van der Waals surface area contributed by atoms with Crippen LogP contribution in [0.1, 0.15) is 51.4 Å². The maximum Gasteiger partial charge on any atom is 0.0730 e. The Hall–Kier alpha value is -0.830. The quantitative estimate of drug-likeness (QED) is 0.895. The van der Waals surface area contributed by atoms with Gasteiger partial charge in [0.1, 0.15) is 0 Å². The van der Waals surface area contributed by atoms with Gasteiger partial charge in [-0.05, 0) is 37.2 Å². The first-order chi connectivity index (χ1) is 8.44. The predicted octanol–water partition coefficient (Wildman–Crippen LogP) is 2.71. The maximum absolute atomic E-state index is 10.9. The Morgan fingerprint density at radius 3 is 2.78 bits per heavy atom. The highest BCUT2D eigenvalue weighted by Crippen LogP contribution is 2.38. The van der Waals surface area contributed by atoms with Crippen molar-refractivity contribution in [1.29, 1.82) is 0 Å². The molecule has 0 aromatic carbocycles. The van der Waals surface area contributed by atoms with Crippen LogP contribution in [0.15, 0.2) is 6.07 Å². The number of hydrogen-bond acceptors (Lipinski definition) is 2. The van der Waals surface area contributed by atoms with Crippen LogP contribution < -0.4 is 0 Å². The summed E-state index contributed by atoms with van der Waals surface area (Å²) in [6, 6.07) is 2.14. The van der Waals surface area contributed by atoms with Crippen molar-refractivity contribution in [2.45, 2.75) is 58.5 Å². The lowest BCUT2D eigenvalue weighted by atomic mass is 9.70. The van der Waals surface area contributed by atoms with E-state index in [1.54, 1.807) is 0 Å². The highest BCUT2D eigenvalue weighted by molar-refractivity contribution is 5.14. The molecule has 0 saturated heterocycles. The van der Waals surface area contributed by atoms with Crippen molar-refractivity contribution in [2.75, 3.05) is 0 Å². The molecular weight excluding hydrogens is 224 g/mol. The summed E-state index contributed by atoms with van der Waals surface area (Å²) < 4.78 is 1.93. The fourth-order valence-corrected chi connectivity index (χ4v) is 3.18. The standard InChI is InChI=1S/C15H26N2O/c1-5-13-8-14(17(4)16-13)10-15(18)9-11(2)6-7-12(15)3/h8,11-12,18H,5-7,9-10H2,1-4H3. The van der Waals surface area contributed by atoms with Crippen molar-refractivity contribution in [3.05, 3.63) is 17.5 Å². The van der Waals surface area contributed by atoms with Crippen molar-refractivity contribution in [3.8, 4) is 0 Å². The normalized spacial score (nSPS) is 32.7. The number of aliphatic hydroxyl groups is 1. The van der Waals surface area contributed by atoms with Crippen molar-refractivity contribution >= 4 is 0 Å². The van der Waals surface area contributed by atoms with Crippen LogP contribution >= 0.6 is 0 Å². The van der Waals surface area contributed by atoms with Gasteiger partial charge in [-0.15, -0.1) is 0 Å². The zero-order chi connectivity index (χ0) is 13.3. The van der Waals surface area contributed by atoms with Gasteiger partial charge in [0.2, 0.25) is 0 Å². The van der Waals surface area contributed by atoms with Crippen LogP contribution in [0.4, 0.5) is 0 Å². The Morgan fingerprint density at radius 1 is 1.44 bits per heavy atom. The SMILES string of the molecule is CCc1cc(CC2(O)CC(C)CCC2C)n(C)n1. The minimum atomic E-state index is -0.545. The number of rotatable bonds is 3. The van der Waals surface area contributed by atoms with Crippen LogP contribution in [0.2, 0.25) is 0 Å². The van der Waals surface area contributed by atoms with Gasteiger partial charge in [0.15, 0.2) is 0 Å². The molecule has 0 spiro atoms. The fraction of sp³-hybridized carbons (Fsp3) is 0.800. The second-order valence-corrected chi connectivity index (χ2v) is 6.17. The van der Waals surface area contributed by atoms with Gasteiger partial charge in [-0.1, -0.05) is 27.2 Å². The van der Waals surface area contributed by atoms with Crippen LogP contribution in [0.5, 0.6) is 0 Å². The van der Waals surface area contributed by atoms with E-state index in [2.05, 4.69) is 31.9 Å². The number of aryl methyl sites for hydroxylation is 2. The first-order valence-corrected chi connectivity index (χ1v) is 7.18. The number of aromatic nitrogens is 2. The smallest absolute Gasteiger partial charge is 0.0730 e. The molecule has 1 aliphatic rings. The minimum absolute atomic E-state index is 0.383. The average molecular weight is 250 g/mol. The summed E-state index contributed by atoms with van der Waals surface area (Å²) in [7, 11) is 1.98. The van der Waals surface area contributed by atoms with E-state index in [1.165, 1.54) is 6.42 Å². The number of nitrogens with zero attached hydrogens (tertiary/aromatic N) is 2. The van der Waals surface area contributed by atoms with E-state index in [4.69, 9.17) is 0 Å². The van der Waals surface area contributed by atoms with Crippen molar-refractivity contribution in [1.82, 2.24) is 9.78 Å². The molecule has 3 atom stereocenters. The molecule has 1 fully saturated rings. The zero-order valence-corrected chi connectivity index (χ0v) is 12.1. The summed E-state index contributed by atoms with van der Waals surface area (Å²) in [5.74, 6) is 1.01. The summed E-state index contributed by atoms with van der Waals surface area (Å²) in [5.41, 5.74) is 1.74. The zero-order valence-electron chi connectivity index (χ0n) is 12.1. The monoisotopic (exact) mass is 250 g/mol. The Labute approximate surface area is 110 Å². The molecule has 1 saturated carbocycles. The van der Waals surface area contributed by atoms with Gasteiger partial charge in [0, 0.05) is 19.2 Å². The van der Waals surface area contributed by atoms with Gasteiger partial charge < -0.3 is 5.11 Å². The third-order valence-electron chi connectivity index (χ3n) is 4.59. The average Bonchev–Trinajstić information content (AvgIpc) is 2.65. The molecular formula is C15H26N2O. The Kier molecular flexibility index (Phi) is 3.81. The Bertz CT molecular complexity index is 413. The summed E-state index contributed by atoms with van der Waals surface area (Å²) in [6.45, 7) is 6.55. The molecule has 0 bridgehead atoms. The van der Waals surface area contributed by atoms with Gasteiger partial charge in [0.25, 0.3) is 0 Å². The van der Waals surface area contributed by atoms with E-state index in [1.807, 2.05) is 11.7 Å². The highest BCUT2D eigenvalue weighted by atomic mass is 16.3.